The second kappa shape index (κ2) is 5.54. The number of aromatic nitrogens is 5. The average Bonchev–Trinajstić information content (AvgIpc) is 3.06. The van der Waals surface area contributed by atoms with E-state index in [-0.39, 0.29) is 5.92 Å². The fourth-order valence-electron chi connectivity index (χ4n) is 4.12. The van der Waals surface area contributed by atoms with E-state index in [1.165, 1.54) is 12.8 Å². The number of fused-ring (bicyclic) bond motifs is 3. The molecule has 1 aliphatic carbocycles. The largest absolute Gasteiger partial charge is 0.345 e. The standard InChI is InChI=1S/C18H22N6O/c1-2-12-9-23(16(25)7-11-3-4-11)10-13(12)18-22-21-15-8-20-17-14(24(15)18)5-6-19-17/h5-6,8,11-13,19H,2-4,7,9-10H2,1H3/t12-,13+/m0/s1. The lowest BCUT2D eigenvalue weighted by Gasteiger charge is -2.16. The minimum atomic E-state index is 0.226. The summed E-state index contributed by atoms with van der Waals surface area (Å²) in [4.78, 5) is 22.2. The first kappa shape index (κ1) is 14.9. The van der Waals surface area contributed by atoms with Crippen LogP contribution in [0.5, 0.6) is 0 Å². The van der Waals surface area contributed by atoms with Gasteiger partial charge in [0.1, 0.15) is 5.82 Å². The fraction of sp³-hybridized carbons (Fsp3) is 0.556. The molecule has 2 atom stereocenters. The molecule has 4 heterocycles. The van der Waals surface area contributed by atoms with Gasteiger partial charge in [-0.1, -0.05) is 13.3 Å². The van der Waals surface area contributed by atoms with Crippen molar-refractivity contribution in [2.45, 2.75) is 38.5 Å². The lowest BCUT2D eigenvalue weighted by Crippen LogP contribution is -2.29. The Morgan fingerprint density at radius 3 is 3.00 bits per heavy atom. The van der Waals surface area contributed by atoms with Crippen molar-refractivity contribution in [1.29, 1.82) is 0 Å². The molecule has 0 spiro atoms. The Hall–Kier alpha value is -2.44. The van der Waals surface area contributed by atoms with Gasteiger partial charge < -0.3 is 9.88 Å². The van der Waals surface area contributed by atoms with Crippen molar-refractivity contribution >= 4 is 22.7 Å². The summed E-state index contributed by atoms with van der Waals surface area (Å²) in [5.74, 6) is 2.55. The molecule has 0 bridgehead atoms. The SMILES string of the molecule is CC[C@H]1CN(C(=O)CC2CC2)C[C@H]1c1nnc2cnc3[nH]ccc3n12. The predicted molar refractivity (Wildman–Crippen MR) is 93.1 cm³/mol. The van der Waals surface area contributed by atoms with Crippen molar-refractivity contribution in [2.24, 2.45) is 11.8 Å². The van der Waals surface area contributed by atoms with Gasteiger partial charge in [0.25, 0.3) is 0 Å². The lowest BCUT2D eigenvalue weighted by molar-refractivity contribution is -0.130. The van der Waals surface area contributed by atoms with Crippen LogP contribution in [0.3, 0.4) is 0 Å². The van der Waals surface area contributed by atoms with E-state index in [2.05, 4.69) is 31.5 Å². The van der Waals surface area contributed by atoms with Crippen molar-refractivity contribution in [1.82, 2.24) is 29.5 Å². The fourth-order valence-corrected chi connectivity index (χ4v) is 4.12. The highest BCUT2D eigenvalue weighted by Gasteiger charge is 2.39. The smallest absolute Gasteiger partial charge is 0.222 e. The molecule has 0 radical (unpaired) electrons. The van der Waals surface area contributed by atoms with E-state index in [9.17, 15) is 4.79 Å². The first-order valence-corrected chi connectivity index (χ1v) is 9.19. The van der Waals surface area contributed by atoms with Gasteiger partial charge in [-0.25, -0.2) is 4.98 Å². The van der Waals surface area contributed by atoms with Gasteiger partial charge in [0.2, 0.25) is 5.91 Å². The van der Waals surface area contributed by atoms with E-state index in [1.807, 2.05) is 17.2 Å². The number of aromatic amines is 1. The molecule has 1 N–H and O–H groups in total. The number of hydrogen-bond acceptors (Lipinski definition) is 4. The van der Waals surface area contributed by atoms with Crippen LogP contribution in [0.1, 0.15) is 44.3 Å². The molecule has 1 aliphatic heterocycles. The zero-order valence-electron chi connectivity index (χ0n) is 14.4. The molecule has 3 aromatic heterocycles. The number of likely N-dealkylation sites (tertiary alicyclic amines) is 1. The van der Waals surface area contributed by atoms with Crippen LogP contribution < -0.4 is 0 Å². The third-order valence-corrected chi connectivity index (χ3v) is 5.78. The molecule has 7 nitrogen and oxygen atoms in total. The molecule has 130 valence electrons. The molecule has 1 saturated heterocycles. The highest BCUT2D eigenvalue weighted by Crippen LogP contribution is 2.37. The second-order valence-electron chi connectivity index (χ2n) is 7.44. The Labute approximate surface area is 145 Å². The highest BCUT2D eigenvalue weighted by molar-refractivity contribution is 5.77. The normalized spacial score (nSPS) is 23.8. The second-order valence-corrected chi connectivity index (χ2v) is 7.44. The maximum Gasteiger partial charge on any atom is 0.222 e. The molecular weight excluding hydrogens is 316 g/mol. The van der Waals surface area contributed by atoms with Crippen molar-refractivity contribution in [3.05, 3.63) is 24.3 Å². The minimum Gasteiger partial charge on any atom is -0.345 e. The summed E-state index contributed by atoms with van der Waals surface area (Å²) in [6.07, 6.45) is 7.82. The third-order valence-electron chi connectivity index (χ3n) is 5.78. The Bertz CT molecular complexity index is 939. The molecule has 3 aromatic rings. The van der Waals surface area contributed by atoms with Crippen LogP contribution in [0.4, 0.5) is 0 Å². The van der Waals surface area contributed by atoms with E-state index >= 15 is 0 Å². The quantitative estimate of drug-likeness (QED) is 0.792. The van der Waals surface area contributed by atoms with Crippen LogP contribution in [-0.2, 0) is 4.79 Å². The molecule has 1 amide bonds. The number of rotatable bonds is 4. The lowest BCUT2D eigenvalue weighted by atomic mass is 9.93. The van der Waals surface area contributed by atoms with Gasteiger partial charge in [-0.05, 0) is 30.7 Å². The number of nitrogens with zero attached hydrogens (tertiary/aromatic N) is 5. The van der Waals surface area contributed by atoms with Crippen LogP contribution in [-0.4, -0.2) is 48.5 Å². The number of carbonyl (C=O) groups excluding carboxylic acids is 1. The summed E-state index contributed by atoms with van der Waals surface area (Å²) in [5.41, 5.74) is 2.59. The van der Waals surface area contributed by atoms with Crippen LogP contribution in [0.15, 0.2) is 18.5 Å². The van der Waals surface area contributed by atoms with Crippen LogP contribution in [0, 0.1) is 11.8 Å². The monoisotopic (exact) mass is 338 g/mol. The number of nitrogens with one attached hydrogen (secondary N) is 1. The Kier molecular flexibility index (Phi) is 3.29. The molecular formula is C18H22N6O. The van der Waals surface area contributed by atoms with Crippen molar-refractivity contribution in [3.8, 4) is 0 Å². The third kappa shape index (κ3) is 2.41. The maximum absolute atomic E-state index is 12.6. The summed E-state index contributed by atoms with van der Waals surface area (Å²) in [7, 11) is 0. The van der Waals surface area contributed by atoms with Crippen molar-refractivity contribution in [2.75, 3.05) is 13.1 Å². The molecule has 2 fully saturated rings. The first-order valence-electron chi connectivity index (χ1n) is 9.19. The van der Waals surface area contributed by atoms with Gasteiger partial charge in [0, 0.05) is 31.6 Å². The molecule has 0 aromatic carbocycles. The van der Waals surface area contributed by atoms with Gasteiger partial charge >= 0.3 is 0 Å². The summed E-state index contributed by atoms with van der Waals surface area (Å²) in [6, 6.07) is 2.01. The van der Waals surface area contributed by atoms with E-state index in [0.29, 0.717) is 17.7 Å². The first-order chi connectivity index (χ1) is 12.2. The summed E-state index contributed by atoms with van der Waals surface area (Å²) >= 11 is 0. The molecule has 7 heteroatoms. The number of hydrogen-bond donors (Lipinski definition) is 1. The van der Waals surface area contributed by atoms with E-state index in [4.69, 9.17) is 0 Å². The van der Waals surface area contributed by atoms with Gasteiger partial charge in [0.15, 0.2) is 11.3 Å². The Morgan fingerprint density at radius 2 is 2.20 bits per heavy atom. The predicted octanol–water partition coefficient (Wildman–Crippen LogP) is 2.36. The molecule has 25 heavy (non-hydrogen) atoms. The van der Waals surface area contributed by atoms with Gasteiger partial charge in [-0.2, -0.15) is 0 Å². The summed E-state index contributed by atoms with van der Waals surface area (Å²) in [5, 5.41) is 8.82. The highest BCUT2D eigenvalue weighted by atomic mass is 16.2. The number of carbonyl (C=O) groups is 1. The van der Waals surface area contributed by atoms with Crippen LogP contribution >= 0.6 is 0 Å². The van der Waals surface area contributed by atoms with Gasteiger partial charge in [0.05, 0.1) is 11.7 Å². The van der Waals surface area contributed by atoms with Crippen molar-refractivity contribution < 1.29 is 4.79 Å². The zero-order chi connectivity index (χ0) is 17.0. The van der Waals surface area contributed by atoms with Gasteiger partial charge in [-0.15, -0.1) is 10.2 Å². The summed E-state index contributed by atoms with van der Waals surface area (Å²) < 4.78 is 2.10. The van der Waals surface area contributed by atoms with Gasteiger partial charge in [-0.3, -0.25) is 9.20 Å². The Morgan fingerprint density at radius 1 is 1.32 bits per heavy atom. The zero-order valence-corrected chi connectivity index (χ0v) is 14.4. The minimum absolute atomic E-state index is 0.226. The van der Waals surface area contributed by atoms with E-state index in [0.717, 1.165) is 48.6 Å². The van der Waals surface area contributed by atoms with Crippen LogP contribution in [0.2, 0.25) is 0 Å². The van der Waals surface area contributed by atoms with Crippen LogP contribution in [0.25, 0.3) is 16.8 Å². The topological polar surface area (TPSA) is 79.2 Å². The average molecular weight is 338 g/mol. The van der Waals surface area contributed by atoms with Crippen molar-refractivity contribution in [3.63, 3.8) is 0 Å². The number of amides is 1. The Balaban J connectivity index is 1.51. The van der Waals surface area contributed by atoms with E-state index in [1.54, 1.807) is 6.20 Å². The molecule has 5 rings (SSSR count). The number of H-pyrrole nitrogens is 1. The maximum atomic E-state index is 12.6. The molecule has 1 saturated carbocycles. The summed E-state index contributed by atoms with van der Waals surface area (Å²) in [6.45, 7) is 3.78. The van der Waals surface area contributed by atoms with E-state index < -0.39 is 0 Å². The molecule has 0 unspecified atom stereocenters. The molecule has 2 aliphatic rings.